The summed E-state index contributed by atoms with van der Waals surface area (Å²) in [6, 6.07) is 5.35. The Balaban J connectivity index is 1.54. The molecule has 1 amide bonds. The third-order valence-corrected chi connectivity index (χ3v) is 5.06. The second kappa shape index (κ2) is 9.81. The Morgan fingerprint density at radius 3 is 2.53 bits per heavy atom. The number of hydrogen-bond acceptors (Lipinski definition) is 9. The molecule has 0 fully saturated rings. The number of hydrogen-bond donors (Lipinski definition) is 7. The molecule has 0 saturated heterocycles. The number of anilines is 4. The van der Waals surface area contributed by atoms with Crippen LogP contribution < -0.4 is 27.4 Å². The Bertz CT molecular complexity index is 1010. The lowest BCUT2D eigenvalue weighted by Gasteiger charge is -2.27. The van der Waals surface area contributed by atoms with Crippen LogP contribution >= 0.6 is 0 Å². The van der Waals surface area contributed by atoms with Crippen LogP contribution in [0.4, 0.5) is 23.1 Å². The van der Waals surface area contributed by atoms with E-state index in [1.807, 2.05) is 0 Å². The van der Waals surface area contributed by atoms with Gasteiger partial charge in [-0.15, -0.1) is 0 Å². The van der Waals surface area contributed by atoms with Gasteiger partial charge in [0.15, 0.2) is 5.82 Å². The number of nitrogens with two attached hydrogens (primary N) is 2. The van der Waals surface area contributed by atoms with E-state index in [-0.39, 0.29) is 30.4 Å². The topological polar surface area (TPSA) is 206 Å². The zero-order valence-electron chi connectivity index (χ0n) is 17.2. The number of nitrogens with one attached hydrogen (secondary N) is 3. The van der Waals surface area contributed by atoms with Crippen LogP contribution in [0.25, 0.3) is 0 Å². The summed E-state index contributed by atoms with van der Waals surface area (Å²) in [5.74, 6) is -2.53. The van der Waals surface area contributed by atoms with E-state index in [1.165, 1.54) is 0 Å². The van der Waals surface area contributed by atoms with Gasteiger partial charge in [0, 0.05) is 30.3 Å². The van der Waals surface area contributed by atoms with E-state index in [0.717, 1.165) is 24.2 Å². The van der Waals surface area contributed by atoms with Crippen molar-refractivity contribution < 1.29 is 24.6 Å². The molecule has 1 aromatic carbocycles. The maximum absolute atomic E-state index is 12.3. The average Bonchev–Trinajstić information content (AvgIpc) is 2.75. The molecular formula is C20H25N7O5. The van der Waals surface area contributed by atoms with Crippen LogP contribution in [0.3, 0.4) is 0 Å². The van der Waals surface area contributed by atoms with Gasteiger partial charge in [0.2, 0.25) is 5.95 Å². The number of carbonyl (C=O) groups is 3. The molecule has 0 spiro atoms. The molecule has 0 unspecified atom stereocenters. The van der Waals surface area contributed by atoms with E-state index in [9.17, 15) is 14.4 Å². The number of nitrogen functional groups attached to an aromatic ring is 2. The molecule has 32 heavy (non-hydrogen) atoms. The number of amides is 1. The van der Waals surface area contributed by atoms with Crippen molar-refractivity contribution in [2.45, 2.75) is 37.8 Å². The van der Waals surface area contributed by atoms with Gasteiger partial charge in [-0.1, -0.05) is 0 Å². The normalized spacial score (nSPS) is 15.7. The summed E-state index contributed by atoms with van der Waals surface area (Å²) in [7, 11) is 0. The minimum atomic E-state index is -1.28. The maximum Gasteiger partial charge on any atom is 0.326 e. The number of carboxylic acids is 2. The van der Waals surface area contributed by atoms with Crippen LogP contribution in [-0.2, 0) is 16.0 Å². The van der Waals surface area contributed by atoms with Crippen molar-refractivity contribution in [2.75, 3.05) is 28.6 Å². The van der Waals surface area contributed by atoms with Gasteiger partial charge >= 0.3 is 11.9 Å². The van der Waals surface area contributed by atoms with Crippen molar-refractivity contribution in [1.29, 1.82) is 0 Å². The third kappa shape index (κ3) is 5.74. The average molecular weight is 443 g/mol. The van der Waals surface area contributed by atoms with Gasteiger partial charge in [-0.25, -0.2) is 9.78 Å². The molecule has 12 nitrogen and oxygen atoms in total. The molecule has 1 aliphatic rings. The lowest BCUT2D eigenvalue weighted by molar-refractivity contribution is -0.140. The smallest absolute Gasteiger partial charge is 0.326 e. The number of aliphatic carboxylic acids is 2. The van der Waals surface area contributed by atoms with Crippen molar-refractivity contribution in [3.8, 4) is 0 Å². The maximum atomic E-state index is 12.3. The Hall–Kier alpha value is -4.09. The van der Waals surface area contributed by atoms with Crippen LogP contribution in [0.15, 0.2) is 24.3 Å². The summed E-state index contributed by atoms with van der Waals surface area (Å²) in [6.45, 7) is 0.588. The van der Waals surface area contributed by atoms with Gasteiger partial charge in [-0.2, -0.15) is 4.98 Å². The monoisotopic (exact) mass is 443 g/mol. The van der Waals surface area contributed by atoms with Crippen molar-refractivity contribution in [3.05, 3.63) is 35.5 Å². The number of benzene rings is 1. The molecule has 2 atom stereocenters. The second-order valence-corrected chi connectivity index (χ2v) is 7.42. The zero-order valence-corrected chi connectivity index (χ0v) is 17.2. The Morgan fingerprint density at radius 1 is 1.16 bits per heavy atom. The predicted molar refractivity (Wildman–Crippen MR) is 117 cm³/mol. The Kier molecular flexibility index (Phi) is 6.93. The highest BCUT2D eigenvalue weighted by atomic mass is 16.4. The molecule has 170 valence electrons. The third-order valence-electron chi connectivity index (χ3n) is 5.06. The molecular weight excluding hydrogens is 418 g/mol. The summed E-state index contributed by atoms with van der Waals surface area (Å²) in [4.78, 5) is 42.4. The fraction of sp³-hybridized carbons (Fsp3) is 0.350. The SMILES string of the molecule is Nc1nc(N)c2c(n1)CC[C@@H](CNc1ccc(C(=O)N[C@@H](CCC(=O)O)C(=O)O)cc1)N2. The first-order chi connectivity index (χ1) is 15.2. The fourth-order valence-corrected chi connectivity index (χ4v) is 3.37. The van der Waals surface area contributed by atoms with E-state index >= 15 is 0 Å². The van der Waals surface area contributed by atoms with Gasteiger partial charge in [0.1, 0.15) is 6.04 Å². The van der Waals surface area contributed by atoms with Gasteiger partial charge in [0.25, 0.3) is 5.91 Å². The highest BCUT2D eigenvalue weighted by Crippen LogP contribution is 2.28. The molecule has 1 aliphatic heterocycles. The van der Waals surface area contributed by atoms with Crippen molar-refractivity contribution in [1.82, 2.24) is 15.3 Å². The number of aryl methyl sites for hydroxylation is 1. The van der Waals surface area contributed by atoms with Crippen LogP contribution in [0.1, 0.15) is 35.3 Å². The number of carboxylic acid groups (broad SMARTS) is 2. The Morgan fingerprint density at radius 2 is 1.88 bits per heavy atom. The van der Waals surface area contributed by atoms with E-state index in [1.54, 1.807) is 24.3 Å². The van der Waals surface area contributed by atoms with Crippen LogP contribution in [0.2, 0.25) is 0 Å². The van der Waals surface area contributed by atoms with E-state index in [0.29, 0.717) is 18.1 Å². The minimum absolute atomic E-state index is 0.0885. The largest absolute Gasteiger partial charge is 0.481 e. The van der Waals surface area contributed by atoms with Gasteiger partial charge in [0.05, 0.1) is 11.4 Å². The standard InChI is InChI=1S/C20H25N7O5/c21-17-16-13(26-20(22)27-17)6-5-12(24-16)9-23-11-3-1-10(2-4-11)18(30)25-14(19(31)32)7-8-15(28)29/h1-4,12,14,23-24H,5-9H2,(H,25,30)(H,28,29)(H,31,32)(H4,21,22,26,27)/t12-,14-/m0/s1. The first-order valence-electron chi connectivity index (χ1n) is 10.0. The number of carbonyl (C=O) groups excluding carboxylic acids is 1. The number of fused-ring (bicyclic) bond motifs is 1. The molecule has 12 heteroatoms. The molecule has 0 saturated carbocycles. The fourth-order valence-electron chi connectivity index (χ4n) is 3.37. The molecule has 0 radical (unpaired) electrons. The number of aromatic nitrogens is 2. The summed E-state index contributed by atoms with van der Waals surface area (Å²) >= 11 is 0. The molecule has 9 N–H and O–H groups in total. The van der Waals surface area contributed by atoms with Crippen LogP contribution in [0, 0.1) is 0 Å². The van der Waals surface area contributed by atoms with Crippen LogP contribution in [0.5, 0.6) is 0 Å². The Labute approximate surface area is 183 Å². The summed E-state index contributed by atoms with van der Waals surface area (Å²) in [6.07, 6.45) is 0.987. The summed E-state index contributed by atoms with van der Waals surface area (Å²) in [5.41, 5.74) is 14.1. The van der Waals surface area contributed by atoms with E-state index in [4.69, 9.17) is 21.7 Å². The number of nitrogens with zero attached hydrogens (tertiary/aromatic N) is 2. The second-order valence-electron chi connectivity index (χ2n) is 7.42. The van der Waals surface area contributed by atoms with Crippen molar-refractivity contribution >= 4 is 41.0 Å². The summed E-state index contributed by atoms with van der Waals surface area (Å²) < 4.78 is 0. The molecule has 3 rings (SSSR count). The lowest BCUT2D eigenvalue weighted by atomic mass is 10.0. The summed E-state index contributed by atoms with van der Waals surface area (Å²) in [5, 5.41) is 26.8. The molecule has 0 aliphatic carbocycles. The van der Waals surface area contributed by atoms with E-state index < -0.39 is 23.9 Å². The predicted octanol–water partition coefficient (Wildman–Crippen LogP) is 0.528. The quantitative estimate of drug-likeness (QED) is 0.284. The highest BCUT2D eigenvalue weighted by molar-refractivity contribution is 5.96. The zero-order chi connectivity index (χ0) is 23.3. The molecule has 2 aromatic rings. The highest BCUT2D eigenvalue weighted by Gasteiger charge is 2.23. The van der Waals surface area contributed by atoms with Crippen molar-refractivity contribution in [2.24, 2.45) is 0 Å². The van der Waals surface area contributed by atoms with Gasteiger partial charge in [-0.3, -0.25) is 9.59 Å². The molecule has 2 heterocycles. The molecule has 1 aromatic heterocycles. The number of rotatable bonds is 9. The van der Waals surface area contributed by atoms with Gasteiger partial charge < -0.3 is 37.6 Å². The minimum Gasteiger partial charge on any atom is -0.481 e. The lowest BCUT2D eigenvalue weighted by Crippen LogP contribution is -2.41. The molecule has 0 bridgehead atoms. The van der Waals surface area contributed by atoms with Crippen LogP contribution in [-0.4, -0.2) is 56.7 Å². The van der Waals surface area contributed by atoms with Gasteiger partial charge in [-0.05, 0) is 43.5 Å². The van der Waals surface area contributed by atoms with Crippen molar-refractivity contribution in [3.63, 3.8) is 0 Å². The first kappa shape index (κ1) is 22.6. The van der Waals surface area contributed by atoms with E-state index in [2.05, 4.69) is 25.9 Å². The first-order valence-corrected chi connectivity index (χ1v) is 10.0.